The molecule has 0 saturated carbocycles. The first-order valence-electron chi connectivity index (χ1n) is 12.7. The number of hydrogen-bond donors (Lipinski definition) is 0. The van der Waals surface area contributed by atoms with Crippen LogP contribution in [0.3, 0.4) is 0 Å². The average molecular weight is 534 g/mol. The van der Waals surface area contributed by atoms with E-state index in [9.17, 15) is 18.8 Å². The highest BCUT2D eigenvalue weighted by molar-refractivity contribution is 6.32. The van der Waals surface area contributed by atoms with Gasteiger partial charge in [-0.15, -0.1) is 0 Å². The lowest BCUT2D eigenvalue weighted by atomic mass is 9.64. The SMILES string of the molecule is O=C(c1ccc(F)cc1)[C@@H]1[C@@H](c2ccc(Cl)cc2)C2(C(=O)c3ccccc3C2=O)C2C=Cc3ccccc3N21. The van der Waals surface area contributed by atoms with E-state index < -0.39 is 29.2 Å². The molecule has 2 aliphatic heterocycles. The topological polar surface area (TPSA) is 54.5 Å². The predicted octanol–water partition coefficient (Wildman–Crippen LogP) is 6.80. The second kappa shape index (κ2) is 8.58. The number of anilines is 1. The van der Waals surface area contributed by atoms with Crippen LogP contribution < -0.4 is 4.90 Å². The highest BCUT2D eigenvalue weighted by Gasteiger charge is 2.71. The molecule has 1 saturated heterocycles. The van der Waals surface area contributed by atoms with Crippen LogP contribution in [0.25, 0.3) is 6.08 Å². The van der Waals surface area contributed by atoms with Crippen LogP contribution in [0.2, 0.25) is 5.02 Å². The Hall–Kier alpha value is -4.35. The fourth-order valence-corrected chi connectivity index (χ4v) is 6.87. The lowest BCUT2D eigenvalue weighted by molar-refractivity contribution is 0.0666. The summed E-state index contributed by atoms with van der Waals surface area (Å²) < 4.78 is 13.8. The summed E-state index contributed by atoms with van der Waals surface area (Å²) >= 11 is 6.24. The van der Waals surface area contributed by atoms with Crippen LogP contribution >= 0.6 is 11.6 Å². The molecule has 3 aliphatic rings. The van der Waals surface area contributed by atoms with Gasteiger partial charge in [0.05, 0.1) is 6.04 Å². The van der Waals surface area contributed by atoms with Crippen molar-refractivity contribution in [2.24, 2.45) is 5.41 Å². The molecule has 1 fully saturated rings. The lowest BCUT2D eigenvalue weighted by Gasteiger charge is -2.37. The molecule has 0 amide bonds. The molecule has 7 rings (SSSR count). The van der Waals surface area contributed by atoms with E-state index in [1.807, 2.05) is 41.3 Å². The third-order valence-electron chi connectivity index (χ3n) is 8.34. The number of carbonyl (C=O) groups excluding carboxylic acids is 3. The largest absolute Gasteiger partial charge is 0.352 e. The Morgan fingerprint density at radius 3 is 2.08 bits per heavy atom. The molecule has 3 atom stereocenters. The number of halogens is 2. The van der Waals surface area contributed by atoms with E-state index in [4.69, 9.17) is 11.6 Å². The van der Waals surface area contributed by atoms with Crippen molar-refractivity contribution < 1.29 is 18.8 Å². The summed E-state index contributed by atoms with van der Waals surface area (Å²) in [7, 11) is 0. The highest BCUT2D eigenvalue weighted by Crippen LogP contribution is 2.61. The lowest BCUT2D eigenvalue weighted by Crippen LogP contribution is -2.48. The molecule has 0 bridgehead atoms. The van der Waals surface area contributed by atoms with Gasteiger partial charge in [-0.3, -0.25) is 14.4 Å². The van der Waals surface area contributed by atoms with Gasteiger partial charge in [0.2, 0.25) is 0 Å². The maximum absolute atomic E-state index is 14.5. The van der Waals surface area contributed by atoms with E-state index >= 15 is 0 Å². The molecule has 0 radical (unpaired) electrons. The minimum atomic E-state index is -1.58. The first-order chi connectivity index (χ1) is 18.9. The third-order valence-corrected chi connectivity index (χ3v) is 8.59. The second-order valence-corrected chi connectivity index (χ2v) is 10.6. The minimum absolute atomic E-state index is 0.293. The Labute approximate surface area is 229 Å². The standard InChI is InChI=1S/C33H21ClFNO3/c34-22-14-9-20(10-15-22)28-29(30(37)21-11-16-23(35)17-12-21)36-26-8-4-1-5-19(26)13-18-27(36)33(28)31(38)24-6-2-3-7-25(24)32(33)39/h1-18,27-29H/t27?,28-,29+/m1/s1. The number of hydrogen-bond acceptors (Lipinski definition) is 4. The van der Waals surface area contributed by atoms with Gasteiger partial charge in [-0.1, -0.05) is 78.4 Å². The maximum atomic E-state index is 14.5. The zero-order valence-corrected chi connectivity index (χ0v) is 21.3. The monoisotopic (exact) mass is 533 g/mol. The van der Waals surface area contributed by atoms with Gasteiger partial charge in [-0.25, -0.2) is 4.39 Å². The first-order valence-corrected chi connectivity index (χ1v) is 13.1. The molecule has 4 nitrogen and oxygen atoms in total. The summed E-state index contributed by atoms with van der Waals surface area (Å²) in [5.74, 6) is -2.17. The number of rotatable bonds is 3. The van der Waals surface area contributed by atoms with Gasteiger partial charge in [-0.2, -0.15) is 0 Å². The van der Waals surface area contributed by atoms with Crippen LogP contribution in [0.1, 0.15) is 48.1 Å². The van der Waals surface area contributed by atoms with Crippen LogP contribution in [0, 0.1) is 11.2 Å². The summed E-state index contributed by atoms with van der Waals surface area (Å²) in [5, 5.41) is 0.502. The number of carbonyl (C=O) groups is 3. The third kappa shape index (κ3) is 3.20. The van der Waals surface area contributed by atoms with E-state index in [2.05, 4.69) is 0 Å². The number of nitrogens with zero attached hydrogens (tertiary/aromatic N) is 1. The first kappa shape index (κ1) is 23.7. The summed E-state index contributed by atoms with van der Waals surface area (Å²) in [6, 6.07) is 25.3. The van der Waals surface area contributed by atoms with Crippen molar-refractivity contribution in [3.63, 3.8) is 0 Å². The van der Waals surface area contributed by atoms with E-state index in [0.717, 1.165) is 11.3 Å². The molecule has 4 aromatic carbocycles. The summed E-state index contributed by atoms with van der Waals surface area (Å²) in [5.41, 5.74) is 1.76. The van der Waals surface area contributed by atoms with Crippen LogP contribution in [0.15, 0.2) is 103 Å². The predicted molar refractivity (Wildman–Crippen MR) is 148 cm³/mol. The Morgan fingerprint density at radius 1 is 0.795 bits per heavy atom. The Kier molecular flexibility index (Phi) is 5.23. The number of ketones is 3. The molecule has 2 heterocycles. The van der Waals surface area contributed by atoms with Crippen molar-refractivity contribution in [3.8, 4) is 0 Å². The molecular formula is C33H21ClFNO3. The van der Waals surface area contributed by atoms with Crippen molar-refractivity contribution in [2.45, 2.75) is 18.0 Å². The van der Waals surface area contributed by atoms with Gasteiger partial charge in [0, 0.05) is 33.3 Å². The van der Waals surface area contributed by atoms with Gasteiger partial charge >= 0.3 is 0 Å². The number of benzene rings is 4. The smallest absolute Gasteiger partial charge is 0.185 e. The van der Waals surface area contributed by atoms with Crippen LogP contribution in [0.5, 0.6) is 0 Å². The number of para-hydroxylation sites is 1. The zero-order valence-electron chi connectivity index (χ0n) is 20.6. The quantitative estimate of drug-likeness (QED) is 0.215. The molecule has 6 heteroatoms. The molecule has 190 valence electrons. The van der Waals surface area contributed by atoms with Crippen molar-refractivity contribution in [1.29, 1.82) is 0 Å². The van der Waals surface area contributed by atoms with Crippen LogP contribution in [-0.2, 0) is 0 Å². The fraction of sp³-hybridized carbons (Fsp3) is 0.121. The molecule has 1 spiro atoms. The van der Waals surface area contributed by atoms with E-state index in [1.54, 1.807) is 48.5 Å². The van der Waals surface area contributed by atoms with Crippen molar-refractivity contribution in [3.05, 3.63) is 142 Å². The summed E-state index contributed by atoms with van der Waals surface area (Å²) in [6.07, 6.45) is 3.80. The van der Waals surface area contributed by atoms with E-state index in [1.165, 1.54) is 24.3 Å². The van der Waals surface area contributed by atoms with Crippen molar-refractivity contribution >= 4 is 40.7 Å². The molecular weight excluding hydrogens is 513 g/mol. The highest BCUT2D eigenvalue weighted by atomic mass is 35.5. The van der Waals surface area contributed by atoms with Gasteiger partial charge in [0.15, 0.2) is 17.3 Å². The fourth-order valence-electron chi connectivity index (χ4n) is 6.75. The molecule has 39 heavy (non-hydrogen) atoms. The maximum Gasteiger partial charge on any atom is 0.185 e. The van der Waals surface area contributed by atoms with Crippen LogP contribution in [0.4, 0.5) is 10.1 Å². The van der Waals surface area contributed by atoms with E-state index in [0.29, 0.717) is 27.3 Å². The van der Waals surface area contributed by atoms with Gasteiger partial charge in [0.1, 0.15) is 17.3 Å². The number of fused-ring (bicyclic) bond motifs is 5. The average Bonchev–Trinajstić information content (AvgIpc) is 3.40. The molecule has 1 aliphatic carbocycles. The van der Waals surface area contributed by atoms with Gasteiger partial charge in [0.25, 0.3) is 0 Å². The minimum Gasteiger partial charge on any atom is -0.352 e. The Morgan fingerprint density at radius 2 is 1.41 bits per heavy atom. The molecule has 0 N–H and O–H groups in total. The molecule has 1 unspecified atom stereocenters. The Balaban J connectivity index is 1.54. The van der Waals surface area contributed by atoms with Gasteiger partial charge < -0.3 is 4.90 Å². The van der Waals surface area contributed by atoms with Crippen molar-refractivity contribution in [2.75, 3.05) is 4.90 Å². The summed E-state index contributed by atoms with van der Waals surface area (Å²) in [6.45, 7) is 0. The number of Topliss-reactive ketones (excluding diaryl/α,β-unsaturated/α-hetero) is 3. The van der Waals surface area contributed by atoms with E-state index in [-0.39, 0.29) is 17.3 Å². The Bertz CT molecular complexity index is 1670. The zero-order chi connectivity index (χ0) is 26.9. The second-order valence-electron chi connectivity index (χ2n) is 10.2. The summed E-state index contributed by atoms with van der Waals surface area (Å²) in [4.78, 5) is 45.5. The normalized spacial score (nSPS) is 22.1. The molecule has 4 aromatic rings. The van der Waals surface area contributed by atoms with Crippen LogP contribution in [-0.4, -0.2) is 29.4 Å². The molecule has 0 aromatic heterocycles. The van der Waals surface area contributed by atoms with Gasteiger partial charge in [-0.05, 0) is 53.6 Å². The van der Waals surface area contributed by atoms with Crippen molar-refractivity contribution in [1.82, 2.24) is 0 Å².